The van der Waals surface area contributed by atoms with Gasteiger partial charge in [0, 0.05) is 29.2 Å². The summed E-state index contributed by atoms with van der Waals surface area (Å²) in [6.07, 6.45) is 2.20. The molecule has 5 nitrogen and oxygen atoms in total. The summed E-state index contributed by atoms with van der Waals surface area (Å²) in [5.74, 6) is 2.37. The van der Waals surface area contributed by atoms with E-state index in [9.17, 15) is 4.21 Å². The van der Waals surface area contributed by atoms with Gasteiger partial charge in [-0.3, -0.25) is 4.21 Å². The molecule has 1 aromatic rings. The van der Waals surface area contributed by atoms with E-state index in [2.05, 4.69) is 0 Å². The summed E-state index contributed by atoms with van der Waals surface area (Å²) in [5, 5.41) is 0. The van der Waals surface area contributed by atoms with Crippen molar-refractivity contribution in [3.8, 4) is 11.5 Å². The maximum Gasteiger partial charge on any atom is 0.163 e. The summed E-state index contributed by atoms with van der Waals surface area (Å²) >= 11 is 0. The molecule has 110 valence electrons. The molecule has 0 spiro atoms. The van der Waals surface area contributed by atoms with E-state index < -0.39 is 10.8 Å². The van der Waals surface area contributed by atoms with Crippen LogP contribution in [0.5, 0.6) is 11.5 Å². The molecular formula is C14H19NO4S. The van der Waals surface area contributed by atoms with E-state index in [4.69, 9.17) is 19.9 Å². The number of hydrogen-bond donors (Lipinski definition) is 1. The van der Waals surface area contributed by atoms with Crippen LogP contribution in [0.2, 0.25) is 0 Å². The lowest BCUT2D eigenvalue weighted by molar-refractivity contribution is 0.128. The van der Waals surface area contributed by atoms with Crippen LogP contribution in [-0.2, 0) is 21.3 Å². The summed E-state index contributed by atoms with van der Waals surface area (Å²) in [5.41, 5.74) is 7.46. The molecule has 2 aliphatic heterocycles. The van der Waals surface area contributed by atoms with E-state index in [0.29, 0.717) is 41.9 Å². The van der Waals surface area contributed by atoms with Crippen LogP contribution in [-0.4, -0.2) is 35.9 Å². The summed E-state index contributed by atoms with van der Waals surface area (Å²) in [6.45, 7) is 1.86. The second kappa shape index (κ2) is 6.01. The van der Waals surface area contributed by atoms with E-state index in [0.717, 1.165) is 25.0 Å². The Morgan fingerprint density at radius 3 is 2.65 bits per heavy atom. The molecule has 2 N–H and O–H groups in total. The molecule has 0 aromatic heterocycles. The van der Waals surface area contributed by atoms with Gasteiger partial charge in [-0.15, -0.1) is 0 Å². The van der Waals surface area contributed by atoms with Crippen LogP contribution in [0.3, 0.4) is 0 Å². The maximum absolute atomic E-state index is 12.2. The molecule has 2 unspecified atom stereocenters. The van der Waals surface area contributed by atoms with Crippen LogP contribution in [0.15, 0.2) is 12.1 Å². The third-order valence-corrected chi connectivity index (χ3v) is 4.89. The highest BCUT2D eigenvalue weighted by molar-refractivity contribution is 7.84. The van der Waals surface area contributed by atoms with Gasteiger partial charge in [-0.25, -0.2) is 0 Å². The molecule has 2 aliphatic rings. The Hall–Kier alpha value is -1.27. The fourth-order valence-electron chi connectivity index (χ4n) is 2.49. The third kappa shape index (κ3) is 3.07. The molecule has 2 heterocycles. The number of fused-ring (bicyclic) bond motifs is 1. The second-order valence-electron chi connectivity index (χ2n) is 5.08. The van der Waals surface area contributed by atoms with Crippen LogP contribution in [0.1, 0.15) is 18.4 Å². The van der Waals surface area contributed by atoms with Crippen molar-refractivity contribution in [2.45, 2.75) is 24.7 Å². The lowest BCUT2D eigenvalue weighted by atomic mass is 10.2. The summed E-state index contributed by atoms with van der Waals surface area (Å²) in [4.78, 5) is 0. The van der Waals surface area contributed by atoms with Gasteiger partial charge in [-0.05, 0) is 24.5 Å². The molecular weight excluding hydrogens is 278 g/mol. The Balaban J connectivity index is 1.68. The molecule has 20 heavy (non-hydrogen) atoms. The van der Waals surface area contributed by atoms with E-state index in [1.807, 2.05) is 6.07 Å². The molecule has 0 aliphatic carbocycles. The minimum Gasteiger partial charge on any atom is -0.486 e. The first-order valence-electron chi connectivity index (χ1n) is 6.87. The largest absolute Gasteiger partial charge is 0.486 e. The zero-order valence-electron chi connectivity index (χ0n) is 11.3. The predicted molar refractivity (Wildman–Crippen MR) is 77.5 cm³/mol. The molecule has 0 bridgehead atoms. The molecule has 0 saturated carbocycles. The molecule has 1 fully saturated rings. The molecule has 1 saturated heterocycles. The van der Waals surface area contributed by atoms with Crippen LogP contribution >= 0.6 is 0 Å². The molecule has 0 amide bonds. The first kappa shape index (κ1) is 13.7. The Morgan fingerprint density at radius 2 is 1.95 bits per heavy atom. The lowest BCUT2D eigenvalue weighted by Gasteiger charge is -2.20. The van der Waals surface area contributed by atoms with Gasteiger partial charge in [0.1, 0.15) is 13.2 Å². The van der Waals surface area contributed by atoms with Gasteiger partial charge in [0.25, 0.3) is 0 Å². The topological polar surface area (TPSA) is 70.8 Å². The highest BCUT2D eigenvalue weighted by Gasteiger charge is 2.20. The minimum atomic E-state index is -0.973. The fourth-order valence-corrected chi connectivity index (χ4v) is 3.88. The number of nitrogens with two attached hydrogens (primary N) is 1. The van der Waals surface area contributed by atoms with Gasteiger partial charge in [0.2, 0.25) is 0 Å². The first-order chi connectivity index (χ1) is 9.72. The monoisotopic (exact) mass is 297 g/mol. The van der Waals surface area contributed by atoms with Crippen LogP contribution in [0.25, 0.3) is 0 Å². The highest BCUT2D eigenvalue weighted by atomic mass is 32.2. The van der Waals surface area contributed by atoms with Gasteiger partial charge < -0.3 is 19.9 Å². The van der Waals surface area contributed by atoms with Gasteiger partial charge >= 0.3 is 0 Å². The summed E-state index contributed by atoms with van der Waals surface area (Å²) in [7, 11) is -0.973. The van der Waals surface area contributed by atoms with Crippen molar-refractivity contribution < 1.29 is 18.4 Å². The van der Waals surface area contributed by atoms with E-state index in [1.165, 1.54) is 0 Å². The number of nitrogen functional groups attached to an aromatic ring is 1. The number of hydrogen-bond acceptors (Lipinski definition) is 5. The quantitative estimate of drug-likeness (QED) is 0.852. The average molecular weight is 297 g/mol. The standard InChI is InChI=1S/C14H19NO4S/c15-12-7-14-13(18-4-5-19-14)6-10(12)8-20(16)9-11-2-1-3-17-11/h6-7,11H,1-5,8-9,15H2. The average Bonchev–Trinajstić information content (AvgIpc) is 2.92. The van der Waals surface area contributed by atoms with E-state index in [1.54, 1.807) is 6.07 Å². The molecule has 1 aromatic carbocycles. The molecule has 2 atom stereocenters. The van der Waals surface area contributed by atoms with Gasteiger partial charge in [-0.1, -0.05) is 0 Å². The Kier molecular flexibility index (Phi) is 4.12. The molecule has 3 rings (SSSR count). The predicted octanol–water partition coefficient (Wildman–Crippen LogP) is 1.47. The zero-order valence-corrected chi connectivity index (χ0v) is 12.1. The Bertz CT molecular complexity index is 514. The van der Waals surface area contributed by atoms with Crippen molar-refractivity contribution >= 4 is 16.5 Å². The normalized spacial score (nSPS) is 22.7. The Labute approximate surface area is 120 Å². The van der Waals surface area contributed by atoms with Crippen molar-refractivity contribution in [2.75, 3.05) is 31.3 Å². The first-order valence-corrected chi connectivity index (χ1v) is 8.36. The van der Waals surface area contributed by atoms with Crippen LogP contribution in [0.4, 0.5) is 5.69 Å². The van der Waals surface area contributed by atoms with Crippen molar-refractivity contribution in [3.05, 3.63) is 17.7 Å². The van der Waals surface area contributed by atoms with E-state index >= 15 is 0 Å². The smallest absolute Gasteiger partial charge is 0.163 e. The summed E-state index contributed by atoms with van der Waals surface area (Å²) < 4.78 is 28.7. The minimum absolute atomic E-state index is 0.134. The van der Waals surface area contributed by atoms with Gasteiger partial charge in [0.05, 0.1) is 17.6 Å². The SMILES string of the molecule is Nc1cc2c(cc1CS(=O)CC1CCCO1)OCCO2. The lowest BCUT2D eigenvalue weighted by Crippen LogP contribution is -2.18. The van der Waals surface area contributed by atoms with Crippen molar-refractivity contribution in [3.63, 3.8) is 0 Å². The number of anilines is 1. The Morgan fingerprint density at radius 1 is 1.20 bits per heavy atom. The van der Waals surface area contributed by atoms with Gasteiger partial charge in [-0.2, -0.15) is 0 Å². The van der Waals surface area contributed by atoms with Crippen molar-refractivity contribution in [1.82, 2.24) is 0 Å². The molecule has 0 radical (unpaired) electrons. The van der Waals surface area contributed by atoms with Crippen molar-refractivity contribution in [2.24, 2.45) is 0 Å². The zero-order chi connectivity index (χ0) is 13.9. The summed E-state index contributed by atoms with van der Waals surface area (Å²) in [6, 6.07) is 3.60. The van der Waals surface area contributed by atoms with Crippen LogP contribution in [0, 0.1) is 0 Å². The van der Waals surface area contributed by atoms with E-state index in [-0.39, 0.29) is 6.10 Å². The molecule has 6 heteroatoms. The highest BCUT2D eigenvalue weighted by Crippen LogP contribution is 2.35. The number of rotatable bonds is 4. The number of benzene rings is 1. The van der Waals surface area contributed by atoms with Crippen molar-refractivity contribution in [1.29, 1.82) is 0 Å². The third-order valence-electron chi connectivity index (χ3n) is 3.52. The van der Waals surface area contributed by atoms with Crippen LogP contribution < -0.4 is 15.2 Å². The fraction of sp³-hybridized carbons (Fsp3) is 0.571. The van der Waals surface area contributed by atoms with Gasteiger partial charge in [0.15, 0.2) is 11.5 Å². The second-order valence-corrected chi connectivity index (χ2v) is 6.58. The number of ether oxygens (including phenoxy) is 3. The maximum atomic E-state index is 12.2.